The summed E-state index contributed by atoms with van der Waals surface area (Å²) in [6, 6.07) is 8.10. The zero-order valence-corrected chi connectivity index (χ0v) is 11.9. The third-order valence-electron chi connectivity index (χ3n) is 2.65. The van der Waals surface area contributed by atoms with Crippen molar-refractivity contribution in [2.24, 2.45) is 0 Å². The molecule has 3 nitrogen and oxygen atoms in total. The van der Waals surface area contributed by atoms with Gasteiger partial charge >= 0.3 is 0 Å². The van der Waals surface area contributed by atoms with Gasteiger partial charge in [-0.05, 0) is 17.7 Å². The predicted molar refractivity (Wildman–Crippen MR) is 75.3 cm³/mol. The summed E-state index contributed by atoms with van der Waals surface area (Å²) in [5.41, 5.74) is 1.18. The van der Waals surface area contributed by atoms with Crippen LogP contribution < -0.4 is 5.32 Å². The van der Waals surface area contributed by atoms with Crippen LogP contribution in [0.4, 0.5) is 4.79 Å². The quantitative estimate of drug-likeness (QED) is 0.911. The van der Waals surface area contributed by atoms with Gasteiger partial charge in [0.05, 0.1) is 0 Å². The second kappa shape index (κ2) is 6.42. The summed E-state index contributed by atoms with van der Waals surface area (Å²) in [7, 11) is 0. The summed E-state index contributed by atoms with van der Waals surface area (Å²) >= 11 is 4.78. The van der Waals surface area contributed by atoms with E-state index >= 15 is 0 Å². The van der Waals surface area contributed by atoms with Crippen molar-refractivity contribution in [3.8, 4) is 0 Å². The maximum Gasteiger partial charge on any atom is 0.282 e. The fourth-order valence-corrected chi connectivity index (χ4v) is 2.78. The molecule has 1 aliphatic rings. The zero-order valence-electron chi connectivity index (χ0n) is 9.49. The van der Waals surface area contributed by atoms with E-state index in [0.29, 0.717) is 0 Å². The number of amides is 1. The van der Waals surface area contributed by atoms with Gasteiger partial charge in [-0.15, -0.1) is 0 Å². The molecule has 1 aliphatic heterocycles. The van der Waals surface area contributed by atoms with Crippen LogP contribution in [0.1, 0.15) is 5.56 Å². The first-order valence-corrected chi connectivity index (χ1v) is 7.40. The largest absolute Gasteiger partial charge is 0.331 e. The second-order valence-corrected chi connectivity index (χ2v) is 5.76. The number of piperazine rings is 1. The normalized spacial score (nSPS) is 15.9. The Morgan fingerprint density at radius 1 is 1.29 bits per heavy atom. The monoisotopic (exact) mass is 314 g/mol. The first-order chi connectivity index (χ1) is 8.25. The highest BCUT2D eigenvalue weighted by atomic mass is 79.9. The van der Waals surface area contributed by atoms with Crippen molar-refractivity contribution in [1.29, 1.82) is 0 Å². The van der Waals surface area contributed by atoms with Crippen LogP contribution in [0.3, 0.4) is 0 Å². The lowest BCUT2D eigenvalue weighted by Crippen LogP contribution is -2.45. The van der Waals surface area contributed by atoms with Crippen molar-refractivity contribution in [3.05, 3.63) is 34.3 Å². The van der Waals surface area contributed by atoms with Crippen LogP contribution in [0, 0.1) is 0 Å². The third kappa shape index (κ3) is 4.01. The molecule has 1 amide bonds. The van der Waals surface area contributed by atoms with E-state index in [4.69, 9.17) is 0 Å². The lowest BCUT2D eigenvalue weighted by molar-refractivity contribution is 0.215. The van der Waals surface area contributed by atoms with E-state index in [1.165, 1.54) is 17.3 Å². The number of thioether (sulfide) groups is 1. The van der Waals surface area contributed by atoms with Gasteiger partial charge in [-0.1, -0.05) is 39.8 Å². The highest BCUT2D eigenvalue weighted by molar-refractivity contribution is 9.10. The maximum absolute atomic E-state index is 11.9. The third-order valence-corrected chi connectivity index (χ3v) is 4.16. The van der Waals surface area contributed by atoms with Gasteiger partial charge < -0.3 is 10.2 Å². The molecule has 0 radical (unpaired) electrons. The number of carbonyl (C=O) groups excluding carboxylic acids is 1. The van der Waals surface area contributed by atoms with Crippen LogP contribution in [0.15, 0.2) is 28.7 Å². The van der Waals surface area contributed by atoms with E-state index < -0.39 is 0 Å². The molecule has 0 aromatic heterocycles. The lowest BCUT2D eigenvalue weighted by atomic mass is 10.2. The van der Waals surface area contributed by atoms with Gasteiger partial charge in [-0.2, -0.15) is 0 Å². The van der Waals surface area contributed by atoms with Gasteiger partial charge in [0.1, 0.15) is 0 Å². The minimum Gasteiger partial charge on any atom is -0.331 e. The van der Waals surface area contributed by atoms with Crippen LogP contribution in [0.25, 0.3) is 0 Å². The maximum atomic E-state index is 11.9. The number of rotatable bonds is 2. The molecule has 1 heterocycles. The molecule has 0 saturated carbocycles. The molecule has 2 rings (SSSR count). The van der Waals surface area contributed by atoms with Crippen molar-refractivity contribution in [1.82, 2.24) is 10.2 Å². The molecule has 1 saturated heterocycles. The summed E-state index contributed by atoms with van der Waals surface area (Å²) < 4.78 is 1.07. The number of halogens is 1. The highest BCUT2D eigenvalue weighted by Gasteiger charge is 2.16. The lowest BCUT2D eigenvalue weighted by Gasteiger charge is -2.26. The van der Waals surface area contributed by atoms with E-state index in [-0.39, 0.29) is 5.24 Å². The van der Waals surface area contributed by atoms with Gasteiger partial charge in [0, 0.05) is 36.4 Å². The fraction of sp³-hybridized carbons (Fsp3) is 0.417. The Morgan fingerprint density at radius 3 is 2.59 bits per heavy atom. The molecule has 0 spiro atoms. The smallest absolute Gasteiger partial charge is 0.282 e. The first kappa shape index (κ1) is 12.9. The molecule has 1 aromatic carbocycles. The van der Waals surface area contributed by atoms with Crippen molar-refractivity contribution in [3.63, 3.8) is 0 Å². The van der Waals surface area contributed by atoms with E-state index in [0.717, 1.165) is 36.4 Å². The molecule has 0 bridgehead atoms. The average Bonchev–Trinajstić information content (AvgIpc) is 2.39. The number of benzene rings is 1. The molecule has 1 fully saturated rings. The van der Waals surface area contributed by atoms with E-state index in [2.05, 4.69) is 21.2 Å². The summed E-state index contributed by atoms with van der Waals surface area (Å²) in [5, 5.41) is 3.43. The topological polar surface area (TPSA) is 32.3 Å². The molecule has 92 valence electrons. The standard InChI is InChI=1S/C12H15BrN2OS/c13-11-3-1-10(2-4-11)9-17-12(16)15-7-5-14-6-8-15/h1-4,14H,5-9H2. The Bertz CT molecular complexity index is 377. The Balaban J connectivity index is 1.81. The average molecular weight is 315 g/mol. The summed E-state index contributed by atoms with van der Waals surface area (Å²) in [5.74, 6) is 0.746. The van der Waals surface area contributed by atoms with Gasteiger partial charge in [0.15, 0.2) is 0 Å². The van der Waals surface area contributed by atoms with Gasteiger partial charge in [0.2, 0.25) is 0 Å². The summed E-state index contributed by atoms with van der Waals surface area (Å²) in [4.78, 5) is 13.8. The van der Waals surface area contributed by atoms with Crippen LogP contribution in [0.5, 0.6) is 0 Å². The van der Waals surface area contributed by atoms with Crippen LogP contribution in [0.2, 0.25) is 0 Å². The van der Waals surface area contributed by atoms with Crippen molar-refractivity contribution in [2.45, 2.75) is 5.75 Å². The highest BCUT2D eigenvalue weighted by Crippen LogP contribution is 2.18. The molecule has 0 unspecified atom stereocenters. The molecule has 17 heavy (non-hydrogen) atoms. The Kier molecular flexibility index (Phi) is 4.88. The van der Waals surface area contributed by atoms with E-state index in [1.54, 1.807) is 0 Å². The van der Waals surface area contributed by atoms with Crippen LogP contribution in [-0.2, 0) is 5.75 Å². The van der Waals surface area contributed by atoms with Crippen LogP contribution >= 0.6 is 27.7 Å². The molecular formula is C12H15BrN2OS. The number of hydrogen-bond donors (Lipinski definition) is 1. The molecule has 5 heteroatoms. The SMILES string of the molecule is O=C(SCc1ccc(Br)cc1)N1CCNCC1. The Morgan fingerprint density at radius 2 is 1.94 bits per heavy atom. The van der Waals surface area contributed by atoms with Crippen molar-refractivity contribution in [2.75, 3.05) is 26.2 Å². The second-order valence-electron chi connectivity index (χ2n) is 3.92. The molecule has 1 aromatic rings. The van der Waals surface area contributed by atoms with Crippen molar-refractivity contribution >= 4 is 32.9 Å². The van der Waals surface area contributed by atoms with E-state index in [9.17, 15) is 4.79 Å². The Hall–Kier alpha value is -0.520. The fourth-order valence-electron chi connectivity index (χ4n) is 1.66. The van der Waals surface area contributed by atoms with Crippen molar-refractivity contribution < 1.29 is 4.79 Å². The molecular weight excluding hydrogens is 300 g/mol. The molecule has 0 atom stereocenters. The molecule has 1 N–H and O–H groups in total. The van der Waals surface area contributed by atoms with E-state index in [1.807, 2.05) is 29.2 Å². The number of nitrogens with one attached hydrogen (secondary N) is 1. The predicted octanol–water partition coefficient (Wildman–Crippen LogP) is 2.71. The minimum absolute atomic E-state index is 0.189. The van der Waals surface area contributed by atoms with Gasteiger partial charge in [0.25, 0.3) is 5.24 Å². The minimum atomic E-state index is 0.189. The first-order valence-electron chi connectivity index (χ1n) is 5.62. The number of hydrogen-bond acceptors (Lipinski definition) is 3. The van der Waals surface area contributed by atoms with Gasteiger partial charge in [-0.3, -0.25) is 4.79 Å². The summed E-state index contributed by atoms with van der Waals surface area (Å²) in [6.07, 6.45) is 0. The number of nitrogens with zero attached hydrogens (tertiary/aromatic N) is 1. The Labute approximate surface area is 114 Å². The van der Waals surface area contributed by atoms with Gasteiger partial charge in [-0.25, -0.2) is 0 Å². The molecule has 0 aliphatic carbocycles. The van der Waals surface area contributed by atoms with Crippen LogP contribution in [-0.4, -0.2) is 36.3 Å². The zero-order chi connectivity index (χ0) is 12.1. The summed E-state index contributed by atoms with van der Waals surface area (Å²) in [6.45, 7) is 3.47. The number of carbonyl (C=O) groups is 1.